The number of carbonyl (C=O) groups excluding carboxylic acids is 2. The molecule has 2 amide bonds. The minimum absolute atomic E-state index is 0.0111. The molecule has 1 rings (SSSR count). The SMILES string of the molecule is CCCC(C)N1CC(C(=O)NCCCN)CC1=O. The number of nitrogens with zero attached hydrogens (tertiary/aromatic N) is 1. The Morgan fingerprint density at radius 1 is 1.61 bits per heavy atom. The van der Waals surface area contributed by atoms with E-state index in [0.29, 0.717) is 26.1 Å². The van der Waals surface area contributed by atoms with Gasteiger partial charge in [0.25, 0.3) is 0 Å². The summed E-state index contributed by atoms with van der Waals surface area (Å²) in [6, 6.07) is 0.240. The van der Waals surface area contributed by atoms with Crippen LogP contribution in [0.3, 0.4) is 0 Å². The Morgan fingerprint density at radius 3 is 2.94 bits per heavy atom. The fourth-order valence-corrected chi connectivity index (χ4v) is 2.36. The Kier molecular flexibility index (Phi) is 6.12. The highest BCUT2D eigenvalue weighted by atomic mass is 16.2. The van der Waals surface area contributed by atoms with Gasteiger partial charge in [0.1, 0.15) is 0 Å². The van der Waals surface area contributed by atoms with Gasteiger partial charge in [0.2, 0.25) is 11.8 Å². The monoisotopic (exact) mass is 255 g/mol. The number of rotatable bonds is 7. The van der Waals surface area contributed by atoms with Crippen molar-refractivity contribution in [3.63, 3.8) is 0 Å². The number of nitrogens with one attached hydrogen (secondary N) is 1. The van der Waals surface area contributed by atoms with Crippen LogP contribution < -0.4 is 11.1 Å². The van der Waals surface area contributed by atoms with Crippen LogP contribution in [0, 0.1) is 5.92 Å². The Balaban J connectivity index is 2.42. The van der Waals surface area contributed by atoms with Gasteiger partial charge >= 0.3 is 0 Å². The van der Waals surface area contributed by atoms with Gasteiger partial charge in [-0.2, -0.15) is 0 Å². The topological polar surface area (TPSA) is 75.4 Å². The molecule has 3 N–H and O–H groups in total. The zero-order valence-corrected chi connectivity index (χ0v) is 11.4. The number of likely N-dealkylation sites (tertiary alicyclic amines) is 1. The van der Waals surface area contributed by atoms with Crippen LogP contribution in [0.2, 0.25) is 0 Å². The molecule has 2 atom stereocenters. The highest BCUT2D eigenvalue weighted by Crippen LogP contribution is 2.22. The first-order valence-corrected chi connectivity index (χ1v) is 6.87. The van der Waals surface area contributed by atoms with E-state index >= 15 is 0 Å². The van der Waals surface area contributed by atoms with Crippen LogP contribution in [0.25, 0.3) is 0 Å². The summed E-state index contributed by atoms with van der Waals surface area (Å²) in [5.41, 5.74) is 5.37. The molecule has 1 aliphatic heterocycles. The molecule has 0 aliphatic carbocycles. The maximum Gasteiger partial charge on any atom is 0.225 e. The van der Waals surface area contributed by atoms with Gasteiger partial charge in [-0.05, 0) is 26.3 Å². The highest BCUT2D eigenvalue weighted by molar-refractivity contribution is 5.89. The maximum absolute atomic E-state index is 11.9. The average molecular weight is 255 g/mol. The summed E-state index contributed by atoms with van der Waals surface area (Å²) >= 11 is 0. The quantitative estimate of drug-likeness (QED) is 0.650. The van der Waals surface area contributed by atoms with Crippen molar-refractivity contribution >= 4 is 11.8 Å². The second-order valence-electron chi connectivity index (χ2n) is 5.02. The number of carbonyl (C=O) groups is 2. The van der Waals surface area contributed by atoms with E-state index in [1.54, 1.807) is 0 Å². The van der Waals surface area contributed by atoms with Gasteiger partial charge in [0.05, 0.1) is 5.92 Å². The molecule has 0 aromatic carbocycles. The molecule has 1 saturated heterocycles. The predicted octanol–water partition coefficient (Wildman–Crippen LogP) is 0.489. The molecule has 5 nitrogen and oxygen atoms in total. The molecular formula is C13H25N3O2. The van der Waals surface area contributed by atoms with E-state index < -0.39 is 0 Å². The van der Waals surface area contributed by atoms with Crippen LogP contribution in [-0.2, 0) is 9.59 Å². The van der Waals surface area contributed by atoms with Gasteiger partial charge in [-0.15, -0.1) is 0 Å². The first kappa shape index (κ1) is 15.0. The zero-order chi connectivity index (χ0) is 13.5. The van der Waals surface area contributed by atoms with Crippen molar-refractivity contribution in [2.24, 2.45) is 11.7 Å². The second kappa shape index (κ2) is 7.36. The normalized spacial score (nSPS) is 21.2. The summed E-state index contributed by atoms with van der Waals surface area (Å²) in [6.45, 7) is 5.90. The fourth-order valence-electron chi connectivity index (χ4n) is 2.36. The summed E-state index contributed by atoms with van der Waals surface area (Å²) in [5, 5.41) is 2.84. The number of nitrogens with two attached hydrogens (primary N) is 1. The molecule has 1 fully saturated rings. The summed E-state index contributed by atoms with van der Waals surface area (Å²) in [6.07, 6.45) is 3.18. The first-order chi connectivity index (χ1) is 8.60. The van der Waals surface area contributed by atoms with Gasteiger partial charge in [0, 0.05) is 25.6 Å². The third-order valence-electron chi connectivity index (χ3n) is 3.45. The van der Waals surface area contributed by atoms with E-state index in [1.807, 2.05) is 4.90 Å². The molecule has 0 bridgehead atoms. The van der Waals surface area contributed by atoms with E-state index in [9.17, 15) is 9.59 Å². The smallest absolute Gasteiger partial charge is 0.225 e. The largest absolute Gasteiger partial charge is 0.356 e. The minimum atomic E-state index is -0.186. The lowest BCUT2D eigenvalue weighted by atomic mass is 10.1. The lowest BCUT2D eigenvalue weighted by molar-refractivity contribution is -0.130. The van der Waals surface area contributed by atoms with Crippen molar-refractivity contribution in [1.82, 2.24) is 10.2 Å². The lowest BCUT2D eigenvalue weighted by Gasteiger charge is -2.24. The van der Waals surface area contributed by atoms with Crippen molar-refractivity contribution in [2.75, 3.05) is 19.6 Å². The highest BCUT2D eigenvalue weighted by Gasteiger charge is 2.35. The minimum Gasteiger partial charge on any atom is -0.356 e. The standard InChI is InChI=1S/C13H25N3O2/c1-3-5-10(2)16-9-11(8-12(16)17)13(18)15-7-4-6-14/h10-11H,3-9,14H2,1-2H3,(H,15,18). The molecule has 18 heavy (non-hydrogen) atoms. The Labute approximate surface area is 109 Å². The molecule has 0 aromatic heterocycles. The third kappa shape index (κ3) is 3.98. The lowest BCUT2D eigenvalue weighted by Crippen LogP contribution is -2.37. The molecule has 1 aliphatic rings. The van der Waals surface area contributed by atoms with Crippen LogP contribution in [0.5, 0.6) is 0 Å². The molecule has 0 spiro atoms. The van der Waals surface area contributed by atoms with Gasteiger partial charge in [-0.25, -0.2) is 0 Å². The van der Waals surface area contributed by atoms with Gasteiger partial charge in [0.15, 0.2) is 0 Å². The van der Waals surface area contributed by atoms with Crippen LogP contribution in [-0.4, -0.2) is 42.4 Å². The fraction of sp³-hybridized carbons (Fsp3) is 0.846. The Hall–Kier alpha value is -1.10. The van der Waals surface area contributed by atoms with Crippen molar-refractivity contribution in [2.45, 2.75) is 45.6 Å². The van der Waals surface area contributed by atoms with E-state index in [4.69, 9.17) is 5.73 Å². The van der Waals surface area contributed by atoms with Crippen LogP contribution in [0.15, 0.2) is 0 Å². The summed E-state index contributed by atoms with van der Waals surface area (Å²) in [4.78, 5) is 25.6. The molecule has 104 valence electrons. The maximum atomic E-state index is 11.9. The number of hydrogen-bond acceptors (Lipinski definition) is 3. The predicted molar refractivity (Wildman–Crippen MR) is 70.9 cm³/mol. The summed E-state index contributed by atoms with van der Waals surface area (Å²) in [7, 11) is 0. The van der Waals surface area contributed by atoms with Gasteiger partial charge < -0.3 is 16.0 Å². The molecule has 5 heteroatoms. The molecule has 1 heterocycles. The third-order valence-corrected chi connectivity index (χ3v) is 3.45. The van der Waals surface area contributed by atoms with E-state index in [1.165, 1.54) is 0 Å². The summed E-state index contributed by atoms with van der Waals surface area (Å²) in [5.74, 6) is -0.0903. The average Bonchev–Trinajstić information content (AvgIpc) is 2.72. The van der Waals surface area contributed by atoms with Crippen LogP contribution in [0.4, 0.5) is 0 Å². The Bertz CT molecular complexity index is 294. The van der Waals surface area contributed by atoms with Crippen molar-refractivity contribution in [1.29, 1.82) is 0 Å². The summed E-state index contributed by atoms with van der Waals surface area (Å²) < 4.78 is 0. The number of hydrogen-bond donors (Lipinski definition) is 2. The van der Waals surface area contributed by atoms with E-state index in [-0.39, 0.29) is 23.8 Å². The van der Waals surface area contributed by atoms with Crippen molar-refractivity contribution in [3.05, 3.63) is 0 Å². The second-order valence-corrected chi connectivity index (χ2v) is 5.02. The van der Waals surface area contributed by atoms with Crippen molar-refractivity contribution in [3.8, 4) is 0 Å². The van der Waals surface area contributed by atoms with Crippen LogP contribution in [0.1, 0.15) is 39.5 Å². The van der Waals surface area contributed by atoms with Crippen LogP contribution >= 0.6 is 0 Å². The molecule has 0 saturated carbocycles. The van der Waals surface area contributed by atoms with E-state index in [0.717, 1.165) is 19.3 Å². The first-order valence-electron chi connectivity index (χ1n) is 6.87. The number of amides is 2. The van der Waals surface area contributed by atoms with Gasteiger partial charge in [-0.3, -0.25) is 9.59 Å². The van der Waals surface area contributed by atoms with Crippen molar-refractivity contribution < 1.29 is 9.59 Å². The van der Waals surface area contributed by atoms with E-state index in [2.05, 4.69) is 19.2 Å². The zero-order valence-electron chi connectivity index (χ0n) is 11.4. The molecule has 0 radical (unpaired) electrons. The molecular weight excluding hydrogens is 230 g/mol. The molecule has 0 aromatic rings. The van der Waals surface area contributed by atoms with Gasteiger partial charge in [-0.1, -0.05) is 13.3 Å². The molecule has 2 unspecified atom stereocenters. The Morgan fingerprint density at radius 2 is 2.33 bits per heavy atom.